The molecule has 0 aliphatic carbocycles. The summed E-state index contributed by atoms with van der Waals surface area (Å²) < 4.78 is 34.1. The summed E-state index contributed by atoms with van der Waals surface area (Å²) in [5, 5.41) is 14.5. The molecular formula is C20H28F2N2O4. The van der Waals surface area contributed by atoms with Crippen molar-refractivity contribution in [2.24, 2.45) is 5.92 Å². The van der Waals surface area contributed by atoms with Crippen LogP contribution in [0.2, 0.25) is 0 Å². The molecule has 1 aliphatic rings. The first kappa shape index (κ1) is 22.2. The van der Waals surface area contributed by atoms with Gasteiger partial charge in [0.25, 0.3) is 0 Å². The zero-order chi connectivity index (χ0) is 21.1. The molecule has 2 amide bonds. The topological polar surface area (TPSA) is 87.7 Å². The Labute approximate surface area is 163 Å². The SMILES string of the molecule is C[C@H](O)C(=O)NC(C(=O)Nc1cc(F)c(C(C)(C)C)c(F)c1)C1CCOCC1. The number of aliphatic hydroxyl groups excluding tert-OH is 1. The van der Waals surface area contributed by atoms with Gasteiger partial charge in [-0.3, -0.25) is 9.59 Å². The summed E-state index contributed by atoms with van der Waals surface area (Å²) in [6.45, 7) is 7.27. The van der Waals surface area contributed by atoms with Crippen molar-refractivity contribution < 1.29 is 28.2 Å². The normalized spacial score (nSPS) is 17.7. The molecule has 0 radical (unpaired) electrons. The van der Waals surface area contributed by atoms with Gasteiger partial charge in [0.2, 0.25) is 11.8 Å². The van der Waals surface area contributed by atoms with Gasteiger partial charge in [-0.15, -0.1) is 0 Å². The molecule has 8 heteroatoms. The lowest BCUT2D eigenvalue weighted by atomic mass is 9.86. The van der Waals surface area contributed by atoms with E-state index in [4.69, 9.17) is 4.74 Å². The lowest BCUT2D eigenvalue weighted by molar-refractivity contribution is -0.133. The average molecular weight is 398 g/mol. The Morgan fingerprint density at radius 3 is 2.14 bits per heavy atom. The number of anilines is 1. The van der Waals surface area contributed by atoms with Gasteiger partial charge < -0.3 is 20.5 Å². The molecule has 1 aromatic rings. The van der Waals surface area contributed by atoms with Crippen LogP contribution in [-0.4, -0.2) is 42.3 Å². The lowest BCUT2D eigenvalue weighted by Crippen LogP contribution is -2.52. The summed E-state index contributed by atoms with van der Waals surface area (Å²) in [5.74, 6) is -2.99. The third kappa shape index (κ3) is 5.48. The molecule has 0 saturated carbocycles. The Morgan fingerprint density at radius 2 is 1.68 bits per heavy atom. The van der Waals surface area contributed by atoms with Crippen molar-refractivity contribution >= 4 is 17.5 Å². The second-order valence-corrected chi connectivity index (χ2v) is 8.17. The minimum absolute atomic E-state index is 0.0312. The van der Waals surface area contributed by atoms with Gasteiger partial charge in [-0.05, 0) is 43.2 Å². The van der Waals surface area contributed by atoms with Crippen molar-refractivity contribution in [3.05, 3.63) is 29.3 Å². The van der Waals surface area contributed by atoms with Gasteiger partial charge in [0.05, 0.1) is 0 Å². The third-order valence-corrected chi connectivity index (χ3v) is 4.76. The number of nitrogens with one attached hydrogen (secondary N) is 2. The van der Waals surface area contributed by atoms with E-state index in [0.29, 0.717) is 26.1 Å². The summed E-state index contributed by atoms with van der Waals surface area (Å²) in [7, 11) is 0. The molecule has 0 aromatic heterocycles. The van der Waals surface area contributed by atoms with Crippen LogP contribution < -0.4 is 10.6 Å². The number of amides is 2. The summed E-state index contributed by atoms with van der Waals surface area (Å²) in [6, 6.07) is 1.19. The van der Waals surface area contributed by atoms with Crippen molar-refractivity contribution in [1.82, 2.24) is 5.32 Å². The monoisotopic (exact) mass is 398 g/mol. The highest BCUT2D eigenvalue weighted by atomic mass is 19.1. The van der Waals surface area contributed by atoms with Crippen molar-refractivity contribution in [3.8, 4) is 0 Å². The van der Waals surface area contributed by atoms with E-state index >= 15 is 0 Å². The Hall–Kier alpha value is -2.06. The van der Waals surface area contributed by atoms with Gasteiger partial charge in [-0.25, -0.2) is 8.78 Å². The Balaban J connectivity index is 2.23. The molecule has 2 rings (SSSR count). The van der Waals surface area contributed by atoms with E-state index in [-0.39, 0.29) is 17.2 Å². The highest BCUT2D eigenvalue weighted by molar-refractivity contribution is 5.98. The Morgan fingerprint density at radius 1 is 1.14 bits per heavy atom. The number of carbonyl (C=O) groups excluding carboxylic acids is 2. The van der Waals surface area contributed by atoms with E-state index < -0.39 is 41.0 Å². The predicted octanol–water partition coefficient (Wildman–Crippen LogP) is 2.49. The van der Waals surface area contributed by atoms with Gasteiger partial charge in [0.15, 0.2) is 0 Å². The molecule has 1 heterocycles. The fourth-order valence-corrected chi connectivity index (χ4v) is 3.30. The van der Waals surface area contributed by atoms with E-state index in [2.05, 4.69) is 10.6 Å². The molecule has 156 valence electrons. The van der Waals surface area contributed by atoms with Crippen LogP contribution in [-0.2, 0) is 19.7 Å². The number of aliphatic hydroxyl groups is 1. The summed E-state index contributed by atoms with van der Waals surface area (Å²) in [6.07, 6.45) is -0.190. The van der Waals surface area contributed by atoms with Gasteiger partial charge in [0.1, 0.15) is 23.8 Å². The third-order valence-electron chi connectivity index (χ3n) is 4.76. The number of ether oxygens (including phenoxy) is 1. The molecule has 0 spiro atoms. The summed E-state index contributed by atoms with van der Waals surface area (Å²) in [4.78, 5) is 24.7. The van der Waals surface area contributed by atoms with Crippen LogP contribution in [0.25, 0.3) is 0 Å². The standard InChI is InChI=1S/C20H28F2N2O4/c1-11(25)18(26)24-17(12-5-7-28-8-6-12)19(27)23-13-9-14(21)16(15(22)10-13)20(2,3)4/h9-12,17,25H,5-8H2,1-4H3,(H,23,27)(H,24,26)/t11-,17?/m0/s1. The number of halogens is 2. The molecule has 6 nitrogen and oxygen atoms in total. The van der Waals surface area contributed by atoms with Crippen molar-refractivity contribution in [1.29, 1.82) is 0 Å². The highest BCUT2D eigenvalue weighted by Crippen LogP contribution is 2.30. The minimum Gasteiger partial charge on any atom is -0.384 e. The van der Waals surface area contributed by atoms with Crippen molar-refractivity contribution in [3.63, 3.8) is 0 Å². The van der Waals surface area contributed by atoms with Gasteiger partial charge >= 0.3 is 0 Å². The van der Waals surface area contributed by atoms with Crippen LogP contribution in [0.1, 0.15) is 46.1 Å². The Bertz CT molecular complexity index is 702. The predicted molar refractivity (Wildman–Crippen MR) is 101 cm³/mol. The molecule has 0 bridgehead atoms. The molecule has 2 atom stereocenters. The smallest absolute Gasteiger partial charge is 0.249 e. The van der Waals surface area contributed by atoms with Gasteiger partial charge in [0, 0.05) is 24.5 Å². The Kier molecular flexibility index (Phi) is 7.11. The second-order valence-electron chi connectivity index (χ2n) is 8.17. The second kappa shape index (κ2) is 8.96. The number of rotatable bonds is 5. The lowest BCUT2D eigenvalue weighted by Gasteiger charge is -2.30. The van der Waals surface area contributed by atoms with E-state index in [1.807, 2.05) is 0 Å². The molecule has 1 saturated heterocycles. The zero-order valence-electron chi connectivity index (χ0n) is 16.6. The minimum atomic E-state index is -1.28. The zero-order valence-corrected chi connectivity index (χ0v) is 16.6. The molecular weight excluding hydrogens is 370 g/mol. The quantitative estimate of drug-likeness (QED) is 0.711. The maximum atomic E-state index is 14.4. The molecule has 1 aromatic carbocycles. The first-order valence-electron chi connectivity index (χ1n) is 9.37. The van der Waals surface area contributed by atoms with Gasteiger partial charge in [-0.2, -0.15) is 0 Å². The van der Waals surface area contributed by atoms with Crippen LogP contribution in [0, 0.1) is 17.6 Å². The van der Waals surface area contributed by atoms with Crippen molar-refractivity contribution in [2.75, 3.05) is 18.5 Å². The largest absolute Gasteiger partial charge is 0.384 e. The van der Waals surface area contributed by atoms with Crippen LogP contribution in [0.3, 0.4) is 0 Å². The number of hydrogen-bond donors (Lipinski definition) is 3. The van der Waals surface area contributed by atoms with Gasteiger partial charge in [-0.1, -0.05) is 20.8 Å². The first-order chi connectivity index (χ1) is 13.0. The molecule has 3 N–H and O–H groups in total. The first-order valence-corrected chi connectivity index (χ1v) is 9.37. The maximum absolute atomic E-state index is 14.4. The van der Waals surface area contributed by atoms with Crippen molar-refractivity contribution in [2.45, 2.75) is 58.1 Å². The molecule has 1 unspecified atom stereocenters. The van der Waals surface area contributed by atoms with Crippen LogP contribution in [0.4, 0.5) is 14.5 Å². The number of hydrogen-bond acceptors (Lipinski definition) is 4. The summed E-state index contributed by atoms with van der Waals surface area (Å²) >= 11 is 0. The average Bonchev–Trinajstić information content (AvgIpc) is 2.58. The van der Waals surface area contributed by atoms with E-state index in [1.54, 1.807) is 20.8 Å². The van der Waals surface area contributed by atoms with Crippen LogP contribution in [0.15, 0.2) is 12.1 Å². The fourth-order valence-electron chi connectivity index (χ4n) is 3.30. The molecule has 28 heavy (non-hydrogen) atoms. The number of benzene rings is 1. The fraction of sp³-hybridized carbons (Fsp3) is 0.600. The van der Waals surface area contributed by atoms with Crippen LogP contribution in [0.5, 0.6) is 0 Å². The van der Waals surface area contributed by atoms with Crippen LogP contribution >= 0.6 is 0 Å². The van der Waals surface area contributed by atoms with E-state index in [1.165, 1.54) is 6.92 Å². The molecule has 1 fully saturated rings. The van der Waals surface area contributed by atoms with E-state index in [0.717, 1.165) is 12.1 Å². The van der Waals surface area contributed by atoms with E-state index in [9.17, 15) is 23.5 Å². The number of carbonyl (C=O) groups is 2. The highest BCUT2D eigenvalue weighted by Gasteiger charge is 2.32. The molecule has 1 aliphatic heterocycles. The maximum Gasteiger partial charge on any atom is 0.249 e. The summed E-state index contributed by atoms with van der Waals surface area (Å²) in [5.41, 5.74) is -0.822.